The summed E-state index contributed by atoms with van der Waals surface area (Å²) in [5, 5.41) is 0. The van der Waals surface area contributed by atoms with Crippen molar-refractivity contribution in [2.75, 3.05) is 20.3 Å². The van der Waals surface area contributed by atoms with Gasteiger partial charge >= 0.3 is 0 Å². The van der Waals surface area contributed by atoms with Crippen LogP contribution in [-0.2, 0) is 16.0 Å². The summed E-state index contributed by atoms with van der Waals surface area (Å²) in [7, 11) is 1.58. The second kappa shape index (κ2) is 6.98. The maximum atomic E-state index is 11.7. The van der Waals surface area contributed by atoms with Gasteiger partial charge in [0.2, 0.25) is 0 Å². The molecule has 1 amide bonds. The average molecular weight is 223 g/mol. The summed E-state index contributed by atoms with van der Waals surface area (Å²) in [5.74, 6) is -0.214. The SMILES string of the molecule is CCc1ccccc1C(=O)NOCCOC. The fourth-order valence-corrected chi connectivity index (χ4v) is 1.35. The quantitative estimate of drug-likeness (QED) is 0.588. The van der Waals surface area contributed by atoms with Crippen molar-refractivity contribution >= 4 is 5.91 Å². The van der Waals surface area contributed by atoms with Gasteiger partial charge in [0, 0.05) is 12.7 Å². The van der Waals surface area contributed by atoms with Gasteiger partial charge in [-0.1, -0.05) is 25.1 Å². The Morgan fingerprint density at radius 2 is 2.06 bits per heavy atom. The zero-order valence-electron chi connectivity index (χ0n) is 9.66. The molecule has 1 rings (SSSR count). The highest BCUT2D eigenvalue weighted by Gasteiger charge is 2.08. The standard InChI is InChI=1S/C12H17NO3/c1-3-10-6-4-5-7-11(10)12(14)13-16-9-8-15-2/h4-7H,3,8-9H2,1-2H3,(H,13,14). The second-order valence-electron chi connectivity index (χ2n) is 3.28. The molecule has 0 aliphatic carbocycles. The summed E-state index contributed by atoms with van der Waals surface area (Å²) in [6.07, 6.45) is 0.821. The van der Waals surface area contributed by atoms with Crippen molar-refractivity contribution in [3.8, 4) is 0 Å². The third kappa shape index (κ3) is 3.64. The molecule has 0 atom stereocenters. The maximum absolute atomic E-state index is 11.7. The Morgan fingerprint density at radius 3 is 2.75 bits per heavy atom. The summed E-state index contributed by atoms with van der Waals surface area (Å²) in [6, 6.07) is 7.47. The van der Waals surface area contributed by atoms with Crippen LogP contribution in [0.2, 0.25) is 0 Å². The zero-order chi connectivity index (χ0) is 11.8. The van der Waals surface area contributed by atoms with Gasteiger partial charge in [-0.05, 0) is 18.1 Å². The molecule has 0 unspecified atom stereocenters. The number of aryl methyl sites for hydroxylation is 1. The molecule has 4 nitrogen and oxygen atoms in total. The number of hydroxylamine groups is 1. The molecule has 0 saturated heterocycles. The van der Waals surface area contributed by atoms with Crippen molar-refractivity contribution < 1.29 is 14.4 Å². The van der Waals surface area contributed by atoms with Gasteiger partial charge in [0.05, 0.1) is 13.2 Å². The van der Waals surface area contributed by atoms with E-state index in [0.29, 0.717) is 18.8 Å². The highest BCUT2D eigenvalue weighted by molar-refractivity contribution is 5.94. The van der Waals surface area contributed by atoms with Crippen LogP contribution in [0.4, 0.5) is 0 Å². The Balaban J connectivity index is 2.52. The van der Waals surface area contributed by atoms with Crippen molar-refractivity contribution in [1.29, 1.82) is 0 Å². The number of rotatable bonds is 6. The third-order valence-corrected chi connectivity index (χ3v) is 2.20. The Hall–Kier alpha value is -1.39. The predicted octanol–water partition coefficient (Wildman–Crippen LogP) is 1.56. The Morgan fingerprint density at radius 1 is 1.31 bits per heavy atom. The highest BCUT2D eigenvalue weighted by atomic mass is 16.7. The fourth-order valence-electron chi connectivity index (χ4n) is 1.35. The van der Waals surface area contributed by atoms with Crippen LogP contribution >= 0.6 is 0 Å². The van der Waals surface area contributed by atoms with Gasteiger partial charge in [-0.3, -0.25) is 9.63 Å². The number of ether oxygens (including phenoxy) is 1. The van der Waals surface area contributed by atoms with Crippen LogP contribution in [0.25, 0.3) is 0 Å². The predicted molar refractivity (Wildman–Crippen MR) is 61.1 cm³/mol. The Labute approximate surface area is 95.5 Å². The van der Waals surface area contributed by atoms with E-state index in [2.05, 4.69) is 5.48 Å². The van der Waals surface area contributed by atoms with Gasteiger partial charge in [0.25, 0.3) is 5.91 Å². The van der Waals surface area contributed by atoms with E-state index in [4.69, 9.17) is 9.57 Å². The Kier molecular flexibility index (Phi) is 5.53. The normalized spacial score (nSPS) is 10.1. The maximum Gasteiger partial charge on any atom is 0.275 e. The first kappa shape index (κ1) is 12.7. The summed E-state index contributed by atoms with van der Waals surface area (Å²) in [6.45, 7) is 2.81. The van der Waals surface area contributed by atoms with Gasteiger partial charge in [-0.25, -0.2) is 5.48 Å². The van der Waals surface area contributed by atoms with E-state index in [1.54, 1.807) is 13.2 Å². The molecule has 88 valence electrons. The second-order valence-corrected chi connectivity index (χ2v) is 3.28. The molecule has 0 radical (unpaired) electrons. The van der Waals surface area contributed by atoms with E-state index in [-0.39, 0.29) is 5.91 Å². The average Bonchev–Trinajstić information content (AvgIpc) is 2.34. The minimum atomic E-state index is -0.214. The van der Waals surface area contributed by atoms with Gasteiger partial charge in [-0.15, -0.1) is 0 Å². The van der Waals surface area contributed by atoms with Gasteiger partial charge in [0.15, 0.2) is 0 Å². The lowest BCUT2D eigenvalue weighted by Gasteiger charge is -2.08. The van der Waals surface area contributed by atoms with Gasteiger partial charge in [0.1, 0.15) is 0 Å². The van der Waals surface area contributed by atoms with Gasteiger partial charge in [-0.2, -0.15) is 0 Å². The zero-order valence-corrected chi connectivity index (χ0v) is 9.66. The molecule has 0 aliphatic heterocycles. The minimum absolute atomic E-state index is 0.214. The molecular formula is C12H17NO3. The number of hydrogen-bond acceptors (Lipinski definition) is 3. The number of amides is 1. The molecule has 1 N–H and O–H groups in total. The first-order chi connectivity index (χ1) is 7.79. The molecule has 0 aromatic heterocycles. The molecule has 1 aromatic rings. The number of benzene rings is 1. The molecule has 0 saturated carbocycles. The van der Waals surface area contributed by atoms with E-state index in [9.17, 15) is 4.79 Å². The summed E-state index contributed by atoms with van der Waals surface area (Å²) in [4.78, 5) is 16.7. The minimum Gasteiger partial charge on any atom is -0.382 e. The lowest BCUT2D eigenvalue weighted by Crippen LogP contribution is -2.26. The van der Waals surface area contributed by atoms with Crippen molar-refractivity contribution in [1.82, 2.24) is 5.48 Å². The van der Waals surface area contributed by atoms with Crippen molar-refractivity contribution in [2.45, 2.75) is 13.3 Å². The first-order valence-electron chi connectivity index (χ1n) is 5.28. The van der Waals surface area contributed by atoms with E-state index in [1.807, 2.05) is 25.1 Å². The number of nitrogens with one attached hydrogen (secondary N) is 1. The molecule has 1 aromatic carbocycles. The van der Waals surface area contributed by atoms with Crippen LogP contribution in [-0.4, -0.2) is 26.2 Å². The molecular weight excluding hydrogens is 206 g/mol. The van der Waals surface area contributed by atoms with Crippen molar-refractivity contribution in [3.05, 3.63) is 35.4 Å². The largest absolute Gasteiger partial charge is 0.382 e. The van der Waals surface area contributed by atoms with E-state index in [1.165, 1.54) is 0 Å². The molecule has 4 heteroatoms. The number of methoxy groups -OCH3 is 1. The number of hydrogen-bond donors (Lipinski definition) is 1. The summed E-state index contributed by atoms with van der Waals surface area (Å²) in [5.41, 5.74) is 4.05. The van der Waals surface area contributed by atoms with Crippen LogP contribution in [0.15, 0.2) is 24.3 Å². The van der Waals surface area contributed by atoms with Crippen LogP contribution in [0, 0.1) is 0 Å². The lowest BCUT2D eigenvalue weighted by atomic mass is 10.1. The topological polar surface area (TPSA) is 47.6 Å². The molecule has 0 spiro atoms. The summed E-state index contributed by atoms with van der Waals surface area (Å²) >= 11 is 0. The lowest BCUT2D eigenvalue weighted by molar-refractivity contribution is 0.00883. The number of carbonyl (C=O) groups is 1. The highest BCUT2D eigenvalue weighted by Crippen LogP contribution is 2.08. The number of carbonyl (C=O) groups excluding carboxylic acids is 1. The third-order valence-electron chi connectivity index (χ3n) is 2.20. The molecule has 0 aliphatic rings. The van der Waals surface area contributed by atoms with Crippen LogP contribution in [0.5, 0.6) is 0 Å². The smallest absolute Gasteiger partial charge is 0.275 e. The molecule has 0 bridgehead atoms. The first-order valence-corrected chi connectivity index (χ1v) is 5.28. The van der Waals surface area contributed by atoms with Crippen LogP contribution in [0.1, 0.15) is 22.8 Å². The van der Waals surface area contributed by atoms with Crippen LogP contribution in [0.3, 0.4) is 0 Å². The summed E-state index contributed by atoms with van der Waals surface area (Å²) < 4.78 is 4.80. The fraction of sp³-hybridized carbons (Fsp3) is 0.417. The monoisotopic (exact) mass is 223 g/mol. The Bertz CT molecular complexity index is 339. The van der Waals surface area contributed by atoms with Crippen LogP contribution < -0.4 is 5.48 Å². The van der Waals surface area contributed by atoms with E-state index < -0.39 is 0 Å². The van der Waals surface area contributed by atoms with E-state index in [0.717, 1.165) is 12.0 Å². The van der Waals surface area contributed by atoms with Crippen molar-refractivity contribution in [3.63, 3.8) is 0 Å². The van der Waals surface area contributed by atoms with Gasteiger partial charge < -0.3 is 4.74 Å². The molecule has 0 fully saturated rings. The molecule has 0 heterocycles. The van der Waals surface area contributed by atoms with E-state index >= 15 is 0 Å². The van der Waals surface area contributed by atoms with Crippen molar-refractivity contribution in [2.24, 2.45) is 0 Å². The molecule has 16 heavy (non-hydrogen) atoms.